The minimum absolute atomic E-state index is 0.236. The van der Waals surface area contributed by atoms with Crippen LogP contribution in [0, 0.1) is 0 Å². The summed E-state index contributed by atoms with van der Waals surface area (Å²) in [5, 5.41) is 14.6. The van der Waals surface area contributed by atoms with Crippen LogP contribution in [0.5, 0.6) is 0 Å². The summed E-state index contributed by atoms with van der Waals surface area (Å²) in [6.07, 6.45) is 6.80. The summed E-state index contributed by atoms with van der Waals surface area (Å²) in [5.41, 5.74) is 8.79. The SMILES string of the molecule is CC(C)(C)OC(=O)N1CCN(c2cnc(-c3c(-c4nn(C(C)(C)C)c5ncnc(N)c45)nnn3C3CC3)nc2)CC1. The van der Waals surface area contributed by atoms with E-state index in [4.69, 9.17) is 25.5 Å². The van der Waals surface area contributed by atoms with E-state index in [1.165, 1.54) is 6.33 Å². The van der Waals surface area contributed by atoms with Crippen molar-refractivity contribution >= 4 is 28.6 Å². The van der Waals surface area contributed by atoms with Gasteiger partial charge in [0.15, 0.2) is 11.5 Å². The van der Waals surface area contributed by atoms with Gasteiger partial charge in [-0.15, -0.1) is 5.10 Å². The zero-order valence-corrected chi connectivity index (χ0v) is 24.4. The molecule has 0 spiro atoms. The largest absolute Gasteiger partial charge is 0.444 e. The highest BCUT2D eigenvalue weighted by Gasteiger charge is 2.34. The third kappa shape index (κ3) is 5.13. The summed E-state index contributed by atoms with van der Waals surface area (Å²) in [4.78, 5) is 34.6. The van der Waals surface area contributed by atoms with Gasteiger partial charge in [-0.2, -0.15) is 5.10 Å². The van der Waals surface area contributed by atoms with E-state index < -0.39 is 5.60 Å². The van der Waals surface area contributed by atoms with Crippen molar-refractivity contribution in [1.82, 2.24) is 49.6 Å². The van der Waals surface area contributed by atoms with Gasteiger partial charge >= 0.3 is 6.09 Å². The van der Waals surface area contributed by atoms with Crippen LogP contribution in [-0.4, -0.2) is 87.5 Å². The van der Waals surface area contributed by atoms with Crippen LogP contribution in [-0.2, 0) is 10.3 Å². The van der Waals surface area contributed by atoms with Gasteiger partial charge in [-0.25, -0.2) is 34.1 Å². The molecule has 216 valence electrons. The maximum atomic E-state index is 12.5. The van der Waals surface area contributed by atoms with Gasteiger partial charge in [0.1, 0.15) is 34.8 Å². The van der Waals surface area contributed by atoms with Gasteiger partial charge in [0.2, 0.25) is 0 Å². The molecule has 6 rings (SSSR count). The number of amides is 1. The first-order chi connectivity index (χ1) is 19.4. The lowest BCUT2D eigenvalue weighted by atomic mass is 10.1. The number of nitrogens with two attached hydrogens (primary N) is 1. The number of hydrogen-bond donors (Lipinski definition) is 1. The monoisotopic (exact) mass is 560 g/mol. The number of rotatable bonds is 4. The molecule has 1 saturated carbocycles. The molecule has 0 unspecified atom stereocenters. The van der Waals surface area contributed by atoms with Gasteiger partial charge in [0.25, 0.3) is 0 Å². The van der Waals surface area contributed by atoms with Gasteiger partial charge in [0, 0.05) is 26.2 Å². The maximum absolute atomic E-state index is 12.5. The minimum Gasteiger partial charge on any atom is -0.444 e. The van der Waals surface area contributed by atoms with Gasteiger partial charge in [-0.05, 0) is 54.4 Å². The van der Waals surface area contributed by atoms with Crippen LogP contribution in [0.2, 0.25) is 0 Å². The first-order valence-electron chi connectivity index (χ1n) is 13.9. The Labute approximate surface area is 237 Å². The van der Waals surface area contributed by atoms with Crippen LogP contribution in [0.25, 0.3) is 33.9 Å². The third-order valence-electron chi connectivity index (χ3n) is 7.09. The molecule has 1 saturated heterocycles. The molecule has 0 aromatic carbocycles. The highest BCUT2D eigenvalue weighted by Crippen LogP contribution is 2.42. The Morgan fingerprint density at radius 3 is 2.24 bits per heavy atom. The Balaban J connectivity index is 1.31. The Kier molecular flexibility index (Phi) is 6.30. The maximum Gasteiger partial charge on any atom is 0.410 e. The van der Waals surface area contributed by atoms with Gasteiger partial charge in [0.05, 0.1) is 35.0 Å². The van der Waals surface area contributed by atoms with Crippen LogP contribution < -0.4 is 10.6 Å². The van der Waals surface area contributed by atoms with E-state index in [2.05, 4.69) is 46.0 Å². The number of aromatic nitrogens is 9. The molecule has 5 heterocycles. The van der Waals surface area contributed by atoms with Crippen LogP contribution in [0.15, 0.2) is 18.7 Å². The molecule has 14 nitrogen and oxygen atoms in total. The second-order valence-electron chi connectivity index (χ2n) is 12.6. The zero-order chi connectivity index (χ0) is 29.1. The van der Waals surface area contributed by atoms with Crippen molar-refractivity contribution in [1.29, 1.82) is 0 Å². The molecule has 4 aromatic heterocycles. The number of nitrogen functional groups attached to an aromatic ring is 1. The smallest absolute Gasteiger partial charge is 0.410 e. The van der Waals surface area contributed by atoms with Crippen molar-refractivity contribution in [3.8, 4) is 22.9 Å². The van der Waals surface area contributed by atoms with E-state index in [0.717, 1.165) is 18.5 Å². The standard InChI is InChI=1S/C27H36N12O2/c1-26(2,3)39-24-18(22(28)31-15-32-24)19(34-39)20-21(38(35-33-20)16-7-8-16)23-29-13-17(14-30-23)36-9-11-37(12-10-36)25(40)41-27(4,5)6/h13-16H,7-12H2,1-6H3,(H2,28,31,32). The zero-order valence-electron chi connectivity index (χ0n) is 24.4. The summed E-state index contributed by atoms with van der Waals surface area (Å²) in [6, 6.07) is 0.236. The van der Waals surface area contributed by atoms with Crippen molar-refractivity contribution in [3.05, 3.63) is 18.7 Å². The number of carbonyl (C=O) groups is 1. The van der Waals surface area contributed by atoms with E-state index >= 15 is 0 Å². The van der Waals surface area contributed by atoms with E-state index in [9.17, 15) is 4.79 Å². The van der Waals surface area contributed by atoms with Crippen molar-refractivity contribution in [2.75, 3.05) is 36.8 Å². The topological polar surface area (TPSA) is 159 Å². The van der Waals surface area contributed by atoms with Crippen LogP contribution in [0.1, 0.15) is 60.4 Å². The predicted molar refractivity (Wildman–Crippen MR) is 153 cm³/mol. The minimum atomic E-state index is -0.519. The fourth-order valence-corrected chi connectivity index (χ4v) is 4.92. The molecule has 2 aliphatic rings. The summed E-state index contributed by atoms with van der Waals surface area (Å²) >= 11 is 0. The lowest BCUT2D eigenvalue weighted by molar-refractivity contribution is 0.0240. The molecular formula is C27H36N12O2. The van der Waals surface area contributed by atoms with Crippen molar-refractivity contribution in [2.45, 2.75) is 71.6 Å². The number of hydrogen-bond acceptors (Lipinski definition) is 11. The molecule has 1 aliphatic carbocycles. The molecular weight excluding hydrogens is 524 g/mol. The van der Waals surface area contributed by atoms with Crippen LogP contribution >= 0.6 is 0 Å². The molecule has 0 radical (unpaired) electrons. The fourth-order valence-electron chi connectivity index (χ4n) is 4.92. The second kappa shape index (κ2) is 9.63. The van der Waals surface area contributed by atoms with Crippen LogP contribution in [0.4, 0.5) is 16.3 Å². The summed E-state index contributed by atoms with van der Waals surface area (Å²) < 4.78 is 9.26. The van der Waals surface area contributed by atoms with Crippen molar-refractivity contribution in [2.24, 2.45) is 0 Å². The van der Waals surface area contributed by atoms with E-state index in [1.807, 2.05) is 42.5 Å². The first kappa shape index (κ1) is 26.8. The van der Waals surface area contributed by atoms with Gasteiger partial charge in [-0.3, -0.25) is 0 Å². The lowest BCUT2D eigenvalue weighted by Gasteiger charge is -2.36. The molecule has 2 N–H and O–H groups in total. The van der Waals surface area contributed by atoms with Crippen molar-refractivity contribution < 1.29 is 9.53 Å². The molecule has 0 atom stereocenters. The van der Waals surface area contributed by atoms with E-state index in [-0.39, 0.29) is 17.7 Å². The number of fused-ring (bicyclic) bond motifs is 1. The molecule has 41 heavy (non-hydrogen) atoms. The highest BCUT2D eigenvalue weighted by molar-refractivity contribution is 5.99. The first-order valence-corrected chi connectivity index (χ1v) is 13.9. The summed E-state index contributed by atoms with van der Waals surface area (Å²) in [7, 11) is 0. The second-order valence-corrected chi connectivity index (χ2v) is 12.6. The summed E-state index contributed by atoms with van der Waals surface area (Å²) in [6.45, 7) is 14.2. The molecule has 1 amide bonds. The lowest BCUT2D eigenvalue weighted by Crippen LogP contribution is -2.50. The highest BCUT2D eigenvalue weighted by atomic mass is 16.6. The normalized spacial score (nSPS) is 16.4. The summed E-state index contributed by atoms with van der Waals surface area (Å²) in [5.74, 6) is 0.830. The van der Waals surface area contributed by atoms with E-state index in [0.29, 0.717) is 65.9 Å². The van der Waals surface area contributed by atoms with E-state index in [1.54, 1.807) is 4.90 Å². The number of piperazine rings is 1. The molecule has 1 aliphatic heterocycles. The molecule has 4 aromatic rings. The van der Waals surface area contributed by atoms with Gasteiger partial charge < -0.3 is 20.3 Å². The third-order valence-corrected chi connectivity index (χ3v) is 7.09. The van der Waals surface area contributed by atoms with Gasteiger partial charge in [-0.1, -0.05) is 5.21 Å². The quantitative estimate of drug-likeness (QED) is 0.390. The number of anilines is 2. The van der Waals surface area contributed by atoms with Crippen LogP contribution in [0.3, 0.4) is 0 Å². The predicted octanol–water partition coefficient (Wildman–Crippen LogP) is 3.27. The Morgan fingerprint density at radius 1 is 0.951 bits per heavy atom. The Bertz CT molecular complexity index is 1580. The number of nitrogens with zero attached hydrogens (tertiary/aromatic N) is 11. The number of carbonyl (C=O) groups excluding carboxylic acids is 1. The fraction of sp³-hybridized carbons (Fsp3) is 0.556. The average Bonchev–Trinajstić information content (AvgIpc) is 3.53. The molecule has 0 bridgehead atoms. The molecule has 14 heteroatoms. The Hall–Kier alpha value is -4.36. The molecule has 2 fully saturated rings. The van der Waals surface area contributed by atoms with Crippen molar-refractivity contribution in [3.63, 3.8) is 0 Å². The average molecular weight is 561 g/mol. The number of ether oxygens (including phenoxy) is 1. The Morgan fingerprint density at radius 2 is 1.63 bits per heavy atom.